The van der Waals surface area contributed by atoms with Crippen molar-refractivity contribution < 1.29 is 4.92 Å². The molecule has 1 aromatic carbocycles. The van der Waals surface area contributed by atoms with Crippen LogP contribution >= 0.6 is 0 Å². The summed E-state index contributed by atoms with van der Waals surface area (Å²) in [7, 11) is 0. The fourth-order valence-corrected chi connectivity index (χ4v) is 2.58. The molecule has 3 heteroatoms. The van der Waals surface area contributed by atoms with Crippen LogP contribution in [0.2, 0.25) is 0 Å². The quantitative estimate of drug-likeness (QED) is 0.559. The Kier molecular flexibility index (Phi) is 1.81. The first-order valence-electron chi connectivity index (χ1n) is 5.50. The predicted molar refractivity (Wildman–Crippen MR) is 56.7 cm³/mol. The maximum absolute atomic E-state index is 10.9. The normalized spacial score (nSPS) is 28.8. The zero-order chi connectivity index (χ0) is 10.4. The molecule has 2 saturated carbocycles. The summed E-state index contributed by atoms with van der Waals surface area (Å²) in [5.74, 6) is 2.08. The fraction of sp³-hybridized carbons (Fsp3) is 0.500. The van der Waals surface area contributed by atoms with Crippen LogP contribution in [0.1, 0.15) is 30.7 Å². The van der Waals surface area contributed by atoms with Crippen molar-refractivity contribution in [1.29, 1.82) is 0 Å². The number of hydrogen-bond donors (Lipinski definition) is 0. The number of benzene rings is 1. The van der Waals surface area contributed by atoms with Gasteiger partial charge in [-0.1, -0.05) is 18.2 Å². The molecule has 1 aromatic rings. The van der Waals surface area contributed by atoms with E-state index in [1.807, 2.05) is 12.1 Å². The van der Waals surface area contributed by atoms with Crippen molar-refractivity contribution in [3.8, 4) is 0 Å². The topological polar surface area (TPSA) is 43.1 Å². The van der Waals surface area contributed by atoms with Gasteiger partial charge in [0.1, 0.15) is 0 Å². The second-order valence-electron chi connectivity index (χ2n) is 4.66. The summed E-state index contributed by atoms with van der Waals surface area (Å²) in [6.07, 6.45) is 3.83. The molecule has 3 nitrogen and oxygen atoms in total. The Bertz CT molecular complexity index is 412. The van der Waals surface area contributed by atoms with Gasteiger partial charge in [-0.15, -0.1) is 0 Å². The van der Waals surface area contributed by atoms with Crippen LogP contribution in [0.4, 0.5) is 5.69 Å². The highest BCUT2D eigenvalue weighted by Gasteiger charge is 2.49. The second-order valence-corrected chi connectivity index (χ2v) is 4.66. The molecule has 2 aliphatic rings. The van der Waals surface area contributed by atoms with E-state index in [1.54, 1.807) is 12.1 Å². The molecule has 0 unspecified atom stereocenters. The second kappa shape index (κ2) is 3.05. The van der Waals surface area contributed by atoms with Gasteiger partial charge in [0.25, 0.3) is 5.69 Å². The SMILES string of the molecule is O=[N+]([O-])c1ccccc1[C@H]1C[C@H]1C1CC1. The molecule has 0 radical (unpaired) electrons. The Balaban J connectivity index is 1.88. The highest BCUT2D eigenvalue weighted by molar-refractivity contribution is 5.45. The van der Waals surface area contributed by atoms with Crippen LogP contribution in [0, 0.1) is 22.0 Å². The van der Waals surface area contributed by atoms with Crippen molar-refractivity contribution in [2.24, 2.45) is 11.8 Å². The highest BCUT2D eigenvalue weighted by Crippen LogP contribution is 2.60. The van der Waals surface area contributed by atoms with E-state index in [2.05, 4.69) is 0 Å². The number of para-hydroxylation sites is 1. The average molecular weight is 203 g/mol. The Morgan fingerprint density at radius 2 is 2.00 bits per heavy atom. The summed E-state index contributed by atoms with van der Waals surface area (Å²) in [4.78, 5) is 10.6. The number of rotatable bonds is 3. The van der Waals surface area contributed by atoms with Gasteiger partial charge in [0.15, 0.2) is 0 Å². The molecule has 2 atom stereocenters. The lowest BCUT2D eigenvalue weighted by Crippen LogP contribution is -1.94. The molecule has 2 aliphatic carbocycles. The van der Waals surface area contributed by atoms with E-state index in [1.165, 1.54) is 12.8 Å². The van der Waals surface area contributed by atoms with E-state index in [0.717, 1.165) is 23.8 Å². The van der Waals surface area contributed by atoms with Gasteiger partial charge >= 0.3 is 0 Å². The minimum absolute atomic E-state index is 0.252. The zero-order valence-electron chi connectivity index (χ0n) is 8.43. The fourth-order valence-electron chi connectivity index (χ4n) is 2.58. The zero-order valence-corrected chi connectivity index (χ0v) is 8.43. The van der Waals surface area contributed by atoms with Crippen LogP contribution in [-0.2, 0) is 0 Å². The lowest BCUT2D eigenvalue weighted by molar-refractivity contribution is -0.385. The third-order valence-electron chi connectivity index (χ3n) is 3.60. The van der Waals surface area contributed by atoms with E-state index >= 15 is 0 Å². The lowest BCUT2D eigenvalue weighted by Gasteiger charge is -2.00. The van der Waals surface area contributed by atoms with Crippen LogP contribution in [0.3, 0.4) is 0 Å². The van der Waals surface area contributed by atoms with Crippen molar-refractivity contribution in [3.63, 3.8) is 0 Å². The molecule has 0 bridgehead atoms. The summed E-state index contributed by atoms with van der Waals surface area (Å²) in [6.45, 7) is 0. The molecule has 0 heterocycles. The molecule has 0 N–H and O–H groups in total. The molecular weight excluding hydrogens is 190 g/mol. The average Bonchev–Trinajstić information content (AvgIpc) is 3.09. The van der Waals surface area contributed by atoms with Crippen molar-refractivity contribution in [2.45, 2.75) is 25.2 Å². The third-order valence-corrected chi connectivity index (χ3v) is 3.60. The molecule has 0 aliphatic heterocycles. The van der Waals surface area contributed by atoms with E-state index in [0.29, 0.717) is 11.6 Å². The van der Waals surface area contributed by atoms with Crippen LogP contribution in [-0.4, -0.2) is 4.92 Å². The minimum Gasteiger partial charge on any atom is -0.258 e. The molecule has 2 fully saturated rings. The van der Waals surface area contributed by atoms with E-state index in [-0.39, 0.29) is 4.92 Å². The molecule has 0 amide bonds. The van der Waals surface area contributed by atoms with Gasteiger partial charge in [0.05, 0.1) is 4.92 Å². The van der Waals surface area contributed by atoms with Crippen molar-refractivity contribution in [2.75, 3.05) is 0 Å². The molecule has 0 saturated heterocycles. The maximum atomic E-state index is 10.9. The molecule has 0 aromatic heterocycles. The number of nitrogens with zero attached hydrogens (tertiary/aromatic N) is 1. The maximum Gasteiger partial charge on any atom is 0.272 e. The highest BCUT2D eigenvalue weighted by atomic mass is 16.6. The lowest BCUT2D eigenvalue weighted by atomic mass is 10.1. The Labute approximate surface area is 88.3 Å². The van der Waals surface area contributed by atoms with Crippen molar-refractivity contribution in [1.82, 2.24) is 0 Å². The van der Waals surface area contributed by atoms with E-state index < -0.39 is 0 Å². The van der Waals surface area contributed by atoms with Crippen LogP contribution in [0.15, 0.2) is 24.3 Å². The van der Waals surface area contributed by atoms with E-state index in [9.17, 15) is 10.1 Å². The summed E-state index contributed by atoms with van der Waals surface area (Å²) in [6, 6.07) is 7.20. The van der Waals surface area contributed by atoms with Crippen molar-refractivity contribution >= 4 is 5.69 Å². The van der Waals surface area contributed by atoms with Crippen molar-refractivity contribution in [3.05, 3.63) is 39.9 Å². The summed E-state index contributed by atoms with van der Waals surface area (Å²) in [5.41, 5.74) is 1.27. The van der Waals surface area contributed by atoms with E-state index in [4.69, 9.17) is 0 Å². The number of nitro benzene ring substituents is 1. The van der Waals surface area contributed by atoms with Gasteiger partial charge in [-0.25, -0.2) is 0 Å². The standard InChI is InChI=1S/C12H13NO2/c14-13(15)12-4-2-1-3-9(12)11-7-10(11)8-5-6-8/h1-4,8,10-11H,5-7H2/t10-,11+/m0/s1. The summed E-state index contributed by atoms with van der Waals surface area (Å²) in [5, 5.41) is 10.9. The van der Waals surface area contributed by atoms with Crippen LogP contribution in [0.25, 0.3) is 0 Å². The smallest absolute Gasteiger partial charge is 0.258 e. The van der Waals surface area contributed by atoms with Gasteiger partial charge in [-0.2, -0.15) is 0 Å². The Morgan fingerprint density at radius 3 is 2.67 bits per heavy atom. The van der Waals surface area contributed by atoms with Gasteiger partial charge in [0, 0.05) is 11.6 Å². The van der Waals surface area contributed by atoms with Crippen LogP contribution in [0.5, 0.6) is 0 Å². The summed E-state index contributed by atoms with van der Waals surface area (Å²) >= 11 is 0. The van der Waals surface area contributed by atoms with Gasteiger partial charge in [0.2, 0.25) is 0 Å². The van der Waals surface area contributed by atoms with Crippen LogP contribution < -0.4 is 0 Å². The Morgan fingerprint density at radius 1 is 1.27 bits per heavy atom. The van der Waals surface area contributed by atoms with Gasteiger partial charge < -0.3 is 0 Å². The number of hydrogen-bond acceptors (Lipinski definition) is 2. The largest absolute Gasteiger partial charge is 0.272 e. The monoisotopic (exact) mass is 203 g/mol. The first kappa shape index (κ1) is 8.89. The van der Waals surface area contributed by atoms with Gasteiger partial charge in [-0.05, 0) is 37.0 Å². The third kappa shape index (κ3) is 1.52. The molecular formula is C12H13NO2. The molecule has 15 heavy (non-hydrogen) atoms. The predicted octanol–water partition coefficient (Wildman–Crippen LogP) is 3.11. The molecule has 3 rings (SSSR count). The number of nitro groups is 1. The first-order chi connectivity index (χ1) is 7.27. The minimum atomic E-state index is -0.252. The Hall–Kier alpha value is -1.38. The molecule has 78 valence electrons. The molecule has 0 spiro atoms. The first-order valence-corrected chi connectivity index (χ1v) is 5.50. The summed E-state index contributed by atoms with van der Waals surface area (Å²) < 4.78 is 0. The van der Waals surface area contributed by atoms with Gasteiger partial charge in [-0.3, -0.25) is 10.1 Å².